The summed E-state index contributed by atoms with van der Waals surface area (Å²) >= 11 is 1.81. The molecule has 1 aromatic heterocycles. The molecule has 0 bridgehead atoms. The Morgan fingerprint density at radius 2 is 2.47 bits per heavy atom. The number of thiophene rings is 1. The number of fused-ring (bicyclic) bond motifs is 1. The van der Waals surface area contributed by atoms with E-state index in [2.05, 4.69) is 23.3 Å². The van der Waals surface area contributed by atoms with Gasteiger partial charge >= 0.3 is 0 Å². The molecule has 0 aromatic carbocycles. The normalized spacial score (nSPS) is 23.5. The first-order valence-electron chi connectivity index (χ1n) is 5.22. The predicted molar refractivity (Wildman–Crippen MR) is 61.8 cm³/mol. The van der Waals surface area contributed by atoms with Crippen LogP contribution in [0.5, 0.6) is 0 Å². The van der Waals surface area contributed by atoms with Crippen molar-refractivity contribution in [2.24, 2.45) is 5.73 Å². The van der Waals surface area contributed by atoms with Crippen molar-refractivity contribution in [3.05, 3.63) is 21.9 Å². The van der Waals surface area contributed by atoms with E-state index >= 15 is 0 Å². The van der Waals surface area contributed by atoms with Crippen LogP contribution in [0.3, 0.4) is 0 Å². The molecule has 2 N–H and O–H groups in total. The Bertz CT molecular complexity index is 374. The average molecular weight is 224 g/mol. The topological polar surface area (TPSA) is 46.3 Å². The molecule has 0 spiro atoms. The third-order valence-corrected chi connectivity index (χ3v) is 4.23. The van der Waals surface area contributed by atoms with Gasteiger partial charge in [-0.2, -0.15) is 0 Å². The van der Waals surface area contributed by atoms with E-state index in [-0.39, 0.29) is 11.9 Å². The highest BCUT2D eigenvalue weighted by Crippen LogP contribution is 2.33. The van der Waals surface area contributed by atoms with Crippen LogP contribution in [0, 0.1) is 0 Å². The first kappa shape index (κ1) is 10.6. The summed E-state index contributed by atoms with van der Waals surface area (Å²) in [6, 6.07) is 2.29. The standard InChI is InChI=1S/C11H16N2OS/c1-7-9-4-6-15-10(9)3-5-13(7)8(2)11(12)14/h4,6-8H,3,5H2,1-2H3,(H2,12,14). The summed E-state index contributed by atoms with van der Waals surface area (Å²) in [5, 5.41) is 2.12. The van der Waals surface area contributed by atoms with Crippen LogP contribution in [-0.2, 0) is 11.2 Å². The van der Waals surface area contributed by atoms with E-state index in [0.29, 0.717) is 6.04 Å². The highest BCUT2D eigenvalue weighted by atomic mass is 32.1. The fraction of sp³-hybridized carbons (Fsp3) is 0.545. The molecular weight excluding hydrogens is 208 g/mol. The second-order valence-corrected chi connectivity index (χ2v) is 5.04. The lowest BCUT2D eigenvalue weighted by atomic mass is 9.99. The van der Waals surface area contributed by atoms with Gasteiger partial charge in [-0.1, -0.05) is 0 Å². The number of rotatable bonds is 2. The number of carbonyl (C=O) groups excluding carboxylic acids is 1. The van der Waals surface area contributed by atoms with E-state index in [9.17, 15) is 4.79 Å². The molecule has 2 atom stereocenters. The second kappa shape index (κ2) is 3.94. The molecule has 2 rings (SSSR count). The average Bonchev–Trinajstić information content (AvgIpc) is 2.66. The predicted octanol–water partition coefficient (Wildman–Crippen LogP) is 1.54. The van der Waals surface area contributed by atoms with E-state index in [4.69, 9.17) is 5.73 Å². The molecule has 15 heavy (non-hydrogen) atoms. The molecule has 0 fully saturated rings. The van der Waals surface area contributed by atoms with Crippen LogP contribution in [0.2, 0.25) is 0 Å². The van der Waals surface area contributed by atoms with Crippen molar-refractivity contribution in [1.82, 2.24) is 4.90 Å². The lowest BCUT2D eigenvalue weighted by Gasteiger charge is -2.36. The van der Waals surface area contributed by atoms with Crippen molar-refractivity contribution in [1.29, 1.82) is 0 Å². The molecular formula is C11H16N2OS. The number of amides is 1. The Labute approximate surface area is 93.9 Å². The van der Waals surface area contributed by atoms with Gasteiger partial charge in [-0.05, 0) is 37.3 Å². The smallest absolute Gasteiger partial charge is 0.234 e. The summed E-state index contributed by atoms with van der Waals surface area (Å²) in [6.45, 7) is 4.96. The summed E-state index contributed by atoms with van der Waals surface area (Å²) < 4.78 is 0. The lowest BCUT2D eigenvalue weighted by Crippen LogP contribution is -2.46. The molecule has 2 unspecified atom stereocenters. The largest absolute Gasteiger partial charge is 0.368 e. The van der Waals surface area contributed by atoms with Crippen LogP contribution in [0.25, 0.3) is 0 Å². The summed E-state index contributed by atoms with van der Waals surface area (Å²) in [7, 11) is 0. The Balaban J connectivity index is 2.23. The Kier molecular flexibility index (Phi) is 2.80. The van der Waals surface area contributed by atoms with Gasteiger partial charge in [0.2, 0.25) is 5.91 Å². The second-order valence-electron chi connectivity index (χ2n) is 4.04. The molecule has 1 amide bonds. The maximum Gasteiger partial charge on any atom is 0.234 e. The first-order valence-corrected chi connectivity index (χ1v) is 6.10. The van der Waals surface area contributed by atoms with Gasteiger partial charge in [-0.25, -0.2) is 0 Å². The molecule has 0 saturated carbocycles. The fourth-order valence-electron chi connectivity index (χ4n) is 2.22. The van der Waals surface area contributed by atoms with Gasteiger partial charge in [0.15, 0.2) is 0 Å². The molecule has 0 radical (unpaired) electrons. The van der Waals surface area contributed by atoms with Crippen LogP contribution in [0.15, 0.2) is 11.4 Å². The minimum atomic E-state index is -0.236. The van der Waals surface area contributed by atoms with E-state index < -0.39 is 0 Å². The number of primary amides is 1. The van der Waals surface area contributed by atoms with Crippen molar-refractivity contribution < 1.29 is 4.79 Å². The van der Waals surface area contributed by atoms with Crippen molar-refractivity contribution in [2.45, 2.75) is 32.4 Å². The van der Waals surface area contributed by atoms with Gasteiger partial charge in [0.25, 0.3) is 0 Å². The molecule has 3 nitrogen and oxygen atoms in total. The molecule has 2 heterocycles. The van der Waals surface area contributed by atoms with Crippen LogP contribution in [0.4, 0.5) is 0 Å². The highest BCUT2D eigenvalue weighted by molar-refractivity contribution is 7.10. The van der Waals surface area contributed by atoms with Crippen molar-refractivity contribution in [3.63, 3.8) is 0 Å². The van der Waals surface area contributed by atoms with Gasteiger partial charge in [0.05, 0.1) is 6.04 Å². The fourth-order valence-corrected chi connectivity index (χ4v) is 3.18. The molecule has 82 valence electrons. The monoisotopic (exact) mass is 224 g/mol. The highest BCUT2D eigenvalue weighted by Gasteiger charge is 2.30. The third-order valence-electron chi connectivity index (χ3n) is 3.23. The van der Waals surface area contributed by atoms with Crippen LogP contribution in [0.1, 0.15) is 30.3 Å². The van der Waals surface area contributed by atoms with Gasteiger partial charge in [0, 0.05) is 17.5 Å². The van der Waals surface area contributed by atoms with E-state index in [1.54, 1.807) is 0 Å². The SMILES string of the molecule is CC(C(N)=O)N1CCc2sccc2C1C. The number of hydrogen-bond donors (Lipinski definition) is 1. The molecule has 0 saturated heterocycles. The Hall–Kier alpha value is -0.870. The maximum atomic E-state index is 11.2. The van der Waals surface area contributed by atoms with Gasteiger partial charge in [0.1, 0.15) is 0 Å². The molecule has 4 heteroatoms. The summed E-state index contributed by atoms with van der Waals surface area (Å²) in [5.41, 5.74) is 6.71. The lowest BCUT2D eigenvalue weighted by molar-refractivity contribution is -0.123. The quantitative estimate of drug-likeness (QED) is 0.828. The van der Waals surface area contributed by atoms with Crippen LogP contribution >= 0.6 is 11.3 Å². The van der Waals surface area contributed by atoms with Crippen molar-refractivity contribution in [2.75, 3.05) is 6.54 Å². The number of hydrogen-bond acceptors (Lipinski definition) is 3. The molecule has 0 aliphatic carbocycles. The molecule has 1 aliphatic rings. The van der Waals surface area contributed by atoms with Crippen molar-refractivity contribution >= 4 is 17.2 Å². The van der Waals surface area contributed by atoms with E-state index in [1.807, 2.05) is 18.3 Å². The summed E-state index contributed by atoms with van der Waals surface area (Å²) in [6.07, 6.45) is 1.04. The summed E-state index contributed by atoms with van der Waals surface area (Å²) in [5.74, 6) is -0.236. The van der Waals surface area contributed by atoms with Crippen molar-refractivity contribution in [3.8, 4) is 0 Å². The summed E-state index contributed by atoms with van der Waals surface area (Å²) in [4.78, 5) is 14.8. The Morgan fingerprint density at radius 1 is 1.73 bits per heavy atom. The first-order chi connectivity index (χ1) is 7.11. The van der Waals surface area contributed by atoms with Gasteiger partial charge < -0.3 is 5.73 Å². The maximum absolute atomic E-state index is 11.2. The van der Waals surface area contributed by atoms with Crippen LogP contribution < -0.4 is 5.73 Å². The number of carbonyl (C=O) groups is 1. The van der Waals surface area contributed by atoms with Crippen LogP contribution in [-0.4, -0.2) is 23.4 Å². The Morgan fingerprint density at radius 3 is 3.13 bits per heavy atom. The minimum Gasteiger partial charge on any atom is -0.368 e. The molecule has 1 aromatic rings. The zero-order valence-electron chi connectivity index (χ0n) is 9.06. The van der Waals surface area contributed by atoms with Gasteiger partial charge in [-0.3, -0.25) is 9.69 Å². The van der Waals surface area contributed by atoms with E-state index in [0.717, 1.165) is 13.0 Å². The minimum absolute atomic E-state index is 0.173. The number of nitrogens with two attached hydrogens (primary N) is 1. The zero-order chi connectivity index (χ0) is 11.0. The third kappa shape index (κ3) is 1.79. The number of nitrogens with zero attached hydrogens (tertiary/aromatic N) is 1. The van der Waals surface area contributed by atoms with Gasteiger partial charge in [-0.15, -0.1) is 11.3 Å². The zero-order valence-corrected chi connectivity index (χ0v) is 9.88. The molecule has 1 aliphatic heterocycles. The van der Waals surface area contributed by atoms with E-state index in [1.165, 1.54) is 10.4 Å².